The third-order valence-electron chi connectivity index (χ3n) is 4.38. The zero-order valence-electron chi connectivity index (χ0n) is 12.4. The average Bonchev–Trinajstić information content (AvgIpc) is 2.55. The fourth-order valence-electron chi connectivity index (χ4n) is 2.99. The number of nitrogens with two attached hydrogens (primary N) is 1. The minimum Gasteiger partial charge on any atom is -0.390 e. The quantitative estimate of drug-likeness (QED) is 0.884. The number of fused-ring (bicyclic) bond motifs is 1. The maximum atomic E-state index is 9.87. The molecular weight excluding hydrogens is 276 g/mol. The first-order chi connectivity index (χ1) is 10.7. The monoisotopic (exact) mass is 296 g/mol. The molecule has 1 fully saturated rings. The van der Waals surface area contributed by atoms with E-state index in [9.17, 15) is 5.11 Å². The number of hydrogen-bond acceptors (Lipinski definition) is 5. The van der Waals surface area contributed by atoms with Gasteiger partial charge in [-0.2, -0.15) is 5.26 Å². The van der Waals surface area contributed by atoms with Crippen molar-refractivity contribution in [3.63, 3.8) is 0 Å². The normalized spacial score (nSPS) is 22.6. The van der Waals surface area contributed by atoms with E-state index in [1.54, 1.807) is 6.07 Å². The number of nitriles is 1. The molecule has 5 nitrogen and oxygen atoms in total. The van der Waals surface area contributed by atoms with Crippen molar-refractivity contribution in [3.05, 3.63) is 41.6 Å². The first-order valence-electron chi connectivity index (χ1n) is 7.61. The number of likely N-dealkylation sites (tertiary alicyclic amines) is 1. The molecule has 1 aromatic heterocycles. The van der Waals surface area contributed by atoms with Crippen molar-refractivity contribution < 1.29 is 5.11 Å². The Hall–Kier alpha value is -2.00. The Bertz CT molecular complexity index is 709. The second kappa shape index (κ2) is 6.41. The standard InChI is InChI=1S/C17H20N4O/c18-10-12-1-2-16-14(9-12)13(3-6-20-16)4-7-21-8-5-15(19)17(22)11-21/h1-3,6,9,15,17,22H,4-5,7-8,11,19H2/t15-,17+/m0/s1. The fourth-order valence-corrected chi connectivity index (χ4v) is 2.99. The fraction of sp³-hybridized carbons (Fsp3) is 0.412. The molecule has 0 radical (unpaired) electrons. The maximum absolute atomic E-state index is 9.87. The highest BCUT2D eigenvalue weighted by atomic mass is 16.3. The van der Waals surface area contributed by atoms with Crippen molar-refractivity contribution in [1.29, 1.82) is 5.26 Å². The largest absolute Gasteiger partial charge is 0.390 e. The summed E-state index contributed by atoms with van der Waals surface area (Å²) < 4.78 is 0. The van der Waals surface area contributed by atoms with Crippen molar-refractivity contribution in [2.24, 2.45) is 5.73 Å². The molecule has 0 amide bonds. The van der Waals surface area contributed by atoms with Gasteiger partial charge in [-0.25, -0.2) is 0 Å². The molecule has 1 aromatic carbocycles. The van der Waals surface area contributed by atoms with Crippen LogP contribution in [0.15, 0.2) is 30.5 Å². The lowest BCUT2D eigenvalue weighted by Crippen LogP contribution is -2.50. The van der Waals surface area contributed by atoms with Crippen LogP contribution < -0.4 is 5.73 Å². The van der Waals surface area contributed by atoms with Gasteiger partial charge in [-0.1, -0.05) is 0 Å². The second-order valence-electron chi connectivity index (χ2n) is 5.88. The minimum absolute atomic E-state index is 0.101. The lowest BCUT2D eigenvalue weighted by molar-refractivity contribution is 0.0542. The first-order valence-corrected chi connectivity index (χ1v) is 7.61. The van der Waals surface area contributed by atoms with Crippen LogP contribution in [-0.2, 0) is 6.42 Å². The van der Waals surface area contributed by atoms with Crippen LogP contribution in [0.3, 0.4) is 0 Å². The molecule has 0 unspecified atom stereocenters. The van der Waals surface area contributed by atoms with Gasteiger partial charge in [0.1, 0.15) is 0 Å². The molecule has 0 aliphatic carbocycles. The van der Waals surface area contributed by atoms with E-state index >= 15 is 0 Å². The lowest BCUT2D eigenvalue weighted by atomic mass is 10.0. The van der Waals surface area contributed by atoms with Crippen molar-refractivity contribution >= 4 is 10.9 Å². The first kappa shape index (κ1) is 14.9. The summed E-state index contributed by atoms with van der Waals surface area (Å²) in [5, 5.41) is 20.0. The Morgan fingerprint density at radius 1 is 1.41 bits per heavy atom. The molecule has 1 aliphatic rings. The molecule has 0 spiro atoms. The van der Waals surface area contributed by atoms with Crippen LogP contribution in [0.25, 0.3) is 10.9 Å². The van der Waals surface area contributed by atoms with Gasteiger partial charge in [-0.3, -0.25) is 4.98 Å². The van der Waals surface area contributed by atoms with Gasteiger partial charge in [-0.05, 0) is 49.2 Å². The van der Waals surface area contributed by atoms with Crippen LogP contribution >= 0.6 is 0 Å². The van der Waals surface area contributed by atoms with E-state index in [4.69, 9.17) is 11.0 Å². The molecule has 22 heavy (non-hydrogen) atoms. The Balaban J connectivity index is 1.75. The van der Waals surface area contributed by atoms with Gasteiger partial charge in [0.05, 0.1) is 23.3 Å². The number of aromatic nitrogens is 1. The molecule has 3 rings (SSSR count). The summed E-state index contributed by atoms with van der Waals surface area (Å²) in [5.41, 5.74) is 8.59. The van der Waals surface area contributed by atoms with Crippen LogP contribution in [0, 0.1) is 11.3 Å². The smallest absolute Gasteiger partial charge is 0.0991 e. The summed E-state index contributed by atoms with van der Waals surface area (Å²) in [6.07, 6.45) is 3.07. The lowest BCUT2D eigenvalue weighted by Gasteiger charge is -2.34. The highest BCUT2D eigenvalue weighted by Gasteiger charge is 2.24. The SMILES string of the molecule is N#Cc1ccc2nccc(CCN3CC[C@H](N)[C@H](O)C3)c2c1. The summed E-state index contributed by atoms with van der Waals surface area (Å²) in [6.45, 7) is 2.43. The van der Waals surface area contributed by atoms with Crippen LogP contribution in [0.5, 0.6) is 0 Å². The maximum Gasteiger partial charge on any atom is 0.0991 e. The predicted octanol–water partition coefficient (Wildman–Crippen LogP) is 1.04. The Labute approximate surface area is 130 Å². The van der Waals surface area contributed by atoms with Gasteiger partial charge in [0.15, 0.2) is 0 Å². The average molecular weight is 296 g/mol. The summed E-state index contributed by atoms with van der Waals surface area (Å²) in [7, 11) is 0. The van der Waals surface area contributed by atoms with Gasteiger partial charge in [-0.15, -0.1) is 0 Å². The third kappa shape index (κ3) is 3.09. The highest BCUT2D eigenvalue weighted by molar-refractivity contribution is 5.83. The zero-order valence-corrected chi connectivity index (χ0v) is 12.4. The summed E-state index contributed by atoms with van der Waals surface area (Å²) >= 11 is 0. The zero-order chi connectivity index (χ0) is 15.5. The van der Waals surface area contributed by atoms with Crippen LogP contribution in [0.4, 0.5) is 0 Å². The summed E-state index contributed by atoms with van der Waals surface area (Å²) in [6, 6.07) is 9.67. The second-order valence-corrected chi connectivity index (χ2v) is 5.88. The van der Waals surface area contributed by atoms with Crippen LogP contribution in [-0.4, -0.2) is 46.8 Å². The number of nitrogens with zero attached hydrogens (tertiary/aromatic N) is 3. The van der Waals surface area contributed by atoms with E-state index in [1.165, 1.54) is 5.56 Å². The Kier molecular flexibility index (Phi) is 4.34. The Morgan fingerprint density at radius 3 is 3.05 bits per heavy atom. The molecule has 5 heteroatoms. The van der Waals surface area contributed by atoms with E-state index in [0.717, 1.165) is 36.8 Å². The van der Waals surface area contributed by atoms with E-state index in [1.807, 2.05) is 24.4 Å². The number of β-amino-alcohol motifs (C(OH)–C–C–N with tert-alkyl or cyclic N) is 1. The summed E-state index contributed by atoms with van der Waals surface area (Å²) in [4.78, 5) is 6.60. The van der Waals surface area contributed by atoms with Gasteiger partial charge in [0.2, 0.25) is 0 Å². The van der Waals surface area contributed by atoms with Gasteiger partial charge < -0.3 is 15.7 Å². The van der Waals surface area contributed by atoms with Crippen LogP contribution in [0.2, 0.25) is 0 Å². The topological polar surface area (TPSA) is 86.2 Å². The van der Waals surface area contributed by atoms with E-state index in [0.29, 0.717) is 12.1 Å². The molecule has 0 bridgehead atoms. The number of piperidine rings is 1. The van der Waals surface area contributed by atoms with Gasteiger partial charge >= 0.3 is 0 Å². The molecule has 2 atom stereocenters. The molecule has 114 valence electrons. The van der Waals surface area contributed by atoms with Crippen molar-refractivity contribution in [1.82, 2.24) is 9.88 Å². The number of aliphatic hydroxyl groups excluding tert-OH is 1. The van der Waals surface area contributed by atoms with E-state index < -0.39 is 6.10 Å². The van der Waals surface area contributed by atoms with Gasteiger partial charge in [0, 0.05) is 30.7 Å². The van der Waals surface area contributed by atoms with E-state index in [-0.39, 0.29) is 6.04 Å². The predicted molar refractivity (Wildman–Crippen MR) is 85.2 cm³/mol. The van der Waals surface area contributed by atoms with Crippen molar-refractivity contribution in [2.45, 2.75) is 25.0 Å². The van der Waals surface area contributed by atoms with Crippen molar-refractivity contribution in [3.8, 4) is 6.07 Å². The molecule has 1 saturated heterocycles. The molecule has 0 saturated carbocycles. The highest BCUT2D eigenvalue weighted by Crippen LogP contribution is 2.19. The molecule has 1 aliphatic heterocycles. The van der Waals surface area contributed by atoms with E-state index in [2.05, 4.69) is 16.0 Å². The van der Waals surface area contributed by atoms with Crippen molar-refractivity contribution in [2.75, 3.05) is 19.6 Å². The molecule has 3 N–H and O–H groups in total. The third-order valence-corrected chi connectivity index (χ3v) is 4.38. The Morgan fingerprint density at radius 2 is 2.27 bits per heavy atom. The van der Waals surface area contributed by atoms with Gasteiger partial charge in [0.25, 0.3) is 0 Å². The number of hydrogen-bond donors (Lipinski definition) is 2. The molecule has 2 heterocycles. The number of pyridine rings is 1. The van der Waals surface area contributed by atoms with Crippen LogP contribution in [0.1, 0.15) is 17.5 Å². The number of aliphatic hydroxyl groups is 1. The molecule has 2 aromatic rings. The number of rotatable bonds is 3. The summed E-state index contributed by atoms with van der Waals surface area (Å²) in [5.74, 6) is 0. The number of benzene rings is 1. The molecular formula is C17H20N4O. The minimum atomic E-state index is -0.437.